The first kappa shape index (κ1) is 25.0. The maximum absolute atomic E-state index is 12.4. The Morgan fingerprint density at radius 1 is 1.12 bits per heavy atom. The Kier molecular flexibility index (Phi) is 7.76. The Bertz CT molecular complexity index is 1180. The van der Waals surface area contributed by atoms with E-state index in [1.165, 1.54) is 31.4 Å². The molecule has 1 heterocycles. The highest BCUT2D eigenvalue weighted by molar-refractivity contribution is 5.86. The second-order valence-corrected chi connectivity index (χ2v) is 6.69. The van der Waals surface area contributed by atoms with E-state index in [9.17, 15) is 27.9 Å². The summed E-state index contributed by atoms with van der Waals surface area (Å²) in [5.41, 5.74) is 0.790. The fraction of sp³-hybridized carbons (Fsp3) is 0.238. The van der Waals surface area contributed by atoms with Crippen LogP contribution in [0.2, 0.25) is 0 Å². The van der Waals surface area contributed by atoms with Gasteiger partial charge in [0.1, 0.15) is 23.6 Å². The van der Waals surface area contributed by atoms with Crippen molar-refractivity contribution in [3.05, 3.63) is 63.5 Å². The topological polar surface area (TPSA) is 105 Å². The van der Waals surface area contributed by atoms with Crippen LogP contribution in [-0.4, -0.2) is 19.4 Å². The van der Waals surface area contributed by atoms with Crippen LogP contribution in [-0.2, 0) is 22.5 Å². The SMILES string of the molecule is COC(=O)Cc1c(C)c2ccc([O-])c(C[NH2+]c3ccc(OC(F)(F)F)cc3)c2oc1=O.Cl. The standard InChI is InChI=1S/C21H18F3NO6.ClH/c1-11-14-7-8-17(26)16(19(14)30-20(28)15(11)9-18(27)29-2)10-25-12-3-5-13(6-4-12)31-21(22,23)24;/h3-8,25-26H,9-10H2,1-2H3;1H. The molecule has 0 fully saturated rings. The van der Waals surface area contributed by atoms with Gasteiger partial charge >= 0.3 is 18.0 Å². The van der Waals surface area contributed by atoms with Gasteiger partial charge in [0.15, 0.2) is 0 Å². The molecule has 0 saturated heterocycles. The van der Waals surface area contributed by atoms with E-state index in [2.05, 4.69) is 9.47 Å². The molecule has 0 aliphatic heterocycles. The number of ether oxygens (including phenoxy) is 2. The zero-order valence-corrected chi connectivity index (χ0v) is 17.8. The highest BCUT2D eigenvalue weighted by Gasteiger charge is 2.31. The maximum atomic E-state index is 12.4. The average molecular weight is 474 g/mol. The highest BCUT2D eigenvalue weighted by atomic mass is 35.5. The summed E-state index contributed by atoms with van der Waals surface area (Å²) in [6.45, 7) is 1.73. The molecule has 2 N–H and O–H groups in total. The molecule has 0 saturated carbocycles. The van der Waals surface area contributed by atoms with Crippen LogP contribution in [0.4, 0.5) is 18.9 Å². The van der Waals surface area contributed by atoms with Crippen molar-refractivity contribution >= 4 is 35.0 Å². The van der Waals surface area contributed by atoms with Gasteiger partial charge in [0.25, 0.3) is 0 Å². The molecule has 0 bridgehead atoms. The van der Waals surface area contributed by atoms with Crippen LogP contribution >= 0.6 is 12.4 Å². The monoisotopic (exact) mass is 473 g/mol. The lowest BCUT2D eigenvalue weighted by Crippen LogP contribution is -2.76. The average Bonchev–Trinajstić information content (AvgIpc) is 2.70. The summed E-state index contributed by atoms with van der Waals surface area (Å²) in [5, 5.41) is 14.5. The number of carbonyl (C=O) groups excluding carboxylic acids is 1. The molecule has 0 amide bonds. The largest absolute Gasteiger partial charge is 0.872 e. The second-order valence-electron chi connectivity index (χ2n) is 6.69. The van der Waals surface area contributed by atoms with Crippen molar-refractivity contribution in [1.29, 1.82) is 0 Å². The predicted octanol–water partition coefficient (Wildman–Crippen LogP) is 2.61. The molecule has 0 radical (unpaired) electrons. The van der Waals surface area contributed by atoms with Crippen molar-refractivity contribution in [2.24, 2.45) is 0 Å². The minimum atomic E-state index is -4.78. The minimum absolute atomic E-state index is 0. The summed E-state index contributed by atoms with van der Waals surface area (Å²) in [7, 11) is 1.21. The maximum Gasteiger partial charge on any atom is 0.573 e. The smallest absolute Gasteiger partial charge is 0.573 e. The van der Waals surface area contributed by atoms with Gasteiger partial charge in [0.2, 0.25) is 0 Å². The number of nitrogens with two attached hydrogens (primary N) is 1. The molecule has 172 valence electrons. The number of esters is 1. The number of quaternary nitrogens is 1. The fourth-order valence-electron chi connectivity index (χ4n) is 3.13. The Morgan fingerprint density at radius 2 is 1.78 bits per heavy atom. The van der Waals surface area contributed by atoms with E-state index in [1.807, 2.05) is 0 Å². The number of halogens is 4. The first-order valence-electron chi connectivity index (χ1n) is 9.10. The van der Waals surface area contributed by atoms with E-state index in [0.717, 1.165) is 12.1 Å². The third-order valence-corrected chi connectivity index (χ3v) is 4.72. The van der Waals surface area contributed by atoms with Crippen molar-refractivity contribution in [1.82, 2.24) is 0 Å². The van der Waals surface area contributed by atoms with Crippen LogP contribution in [0.25, 0.3) is 11.0 Å². The third-order valence-electron chi connectivity index (χ3n) is 4.72. The van der Waals surface area contributed by atoms with Crippen molar-refractivity contribution in [2.45, 2.75) is 26.3 Å². The predicted molar refractivity (Wildman–Crippen MR) is 108 cm³/mol. The van der Waals surface area contributed by atoms with E-state index in [1.54, 1.807) is 12.2 Å². The summed E-state index contributed by atoms with van der Waals surface area (Å²) < 4.78 is 50.6. The number of hydrogen-bond acceptors (Lipinski definition) is 6. The van der Waals surface area contributed by atoms with Crippen LogP contribution in [0.3, 0.4) is 0 Å². The zero-order chi connectivity index (χ0) is 22.8. The van der Waals surface area contributed by atoms with E-state index in [-0.39, 0.29) is 53.6 Å². The normalized spacial score (nSPS) is 11.2. The van der Waals surface area contributed by atoms with Gasteiger partial charge in [-0.3, -0.25) is 4.79 Å². The van der Waals surface area contributed by atoms with Crippen molar-refractivity contribution in [3.63, 3.8) is 0 Å². The molecule has 0 atom stereocenters. The number of rotatable bonds is 6. The highest BCUT2D eigenvalue weighted by Crippen LogP contribution is 2.28. The number of fused-ring (bicyclic) bond motifs is 1. The van der Waals surface area contributed by atoms with Crippen LogP contribution in [0.15, 0.2) is 45.6 Å². The number of benzene rings is 2. The zero-order valence-electron chi connectivity index (χ0n) is 16.9. The number of carbonyl (C=O) groups is 1. The third kappa shape index (κ3) is 5.71. The molecule has 1 aromatic heterocycles. The summed E-state index contributed by atoms with van der Waals surface area (Å²) in [4.78, 5) is 24.0. The van der Waals surface area contributed by atoms with E-state index in [4.69, 9.17) is 4.42 Å². The van der Waals surface area contributed by atoms with Crippen molar-refractivity contribution in [3.8, 4) is 11.5 Å². The quantitative estimate of drug-likeness (QED) is 0.335. The Labute approximate surface area is 186 Å². The molecule has 0 spiro atoms. The van der Waals surface area contributed by atoms with Crippen molar-refractivity contribution in [2.75, 3.05) is 7.11 Å². The van der Waals surface area contributed by atoms with E-state index in [0.29, 0.717) is 16.6 Å². The van der Waals surface area contributed by atoms with Gasteiger partial charge in [0.05, 0.1) is 19.1 Å². The molecule has 7 nitrogen and oxygen atoms in total. The molecule has 3 aromatic rings. The first-order valence-corrected chi connectivity index (χ1v) is 9.10. The fourth-order valence-corrected chi connectivity index (χ4v) is 3.13. The van der Waals surface area contributed by atoms with Gasteiger partial charge in [-0.05, 0) is 24.6 Å². The summed E-state index contributed by atoms with van der Waals surface area (Å²) in [6, 6.07) is 7.98. The molecular weight excluding hydrogens is 455 g/mol. The number of alkyl halides is 3. The Hall–Kier alpha value is -3.24. The number of hydrogen-bond donors (Lipinski definition) is 1. The number of methoxy groups -OCH3 is 1. The lowest BCUT2D eigenvalue weighted by atomic mass is 10.0. The van der Waals surface area contributed by atoms with Crippen LogP contribution in [0.5, 0.6) is 11.5 Å². The summed E-state index contributed by atoms with van der Waals surface area (Å²) in [6.07, 6.45) is -5.04. The molecule has 0 unspecified atom stereocenters. The molecule has 0 aliphatic rings. The lowest BCUT2D eigenvalue weighted by Gasteiger charge is -2.16. The van der Waals surface area contributed by atoms with Crippen LogP contribution in [0.1, 0.15) is 16.7 Å². The van der Waals surface area contributed by atoms with Crippen LogP contribution in [0, 0.1) is 6.92 Å². The van der Waals surface area contributed by atoms with Gasteiger partial charge in [-0.15, -0.1) is 25.6 Å². The second kappa shape index (κ2) is 9.92. The van der Waals surface area contributed by atoms with Crippen LogP contribution < -0.4 is 20.8 Å². The lowest BCUT2D eigenvalue weighted by molar-refractivity contribution is -0.589. The Balaban J connectivity index is 0.00000363. The van der Waals surface area contributed by atoms with E-state index < -0.39 is 18.0 Å². The Morgan fingerprint density at radius 3 is 2.38 bits per heavy atom. The van der Waals surface area contributed by atoms with Crippen molar-refractivity contribution < 1.29 is 42.3 Å². The molecule has 0 aliphatic carbocycles. The molecular formula is C21H19ClF3NO6. The molecule has 32 heavy (non-hydrogen) atoms. The van der Waals surface area contributed by atoms with Gasteiger partial charge in [-0.25, -0.2) is 4.79 Å². The molecule has 11 heteroatoms. The van der Waals surface area contributed by atoms with Gasteiger partial charge < -0.3 is 24.3 Å². The van der Waals surface area contributed by atoms with Gasteiger partial charge in [0, 0.05) is 23.1 Å². The minimum Gasteiger partial charge on any atom is -0.872 e. The van der Waals surface area contributed by atoms with Gasteiger partial charge in [-0.1, -0.05) is 17.9 Å². The van der Waals surface area contributed by atoms with Gasteiger partial charge in [-0.2, -0.15) is 0 Å². The van der Waals surface area contributed by atoms with E-state index >= 15 is 0 Å². The summed E-state index contributed by atoms with van der Waals surface area (Å²) in [5.74, 6) is -1.31. The molecule has 3 rings (SSSR count). The molecule has 2 aromatic carbocycles. The summed E-state index contributed by atoms with van der Waals surface area (Å²) >= 11 is 0. The first-order chi connectivity index (χ1) is 14.6. The number of aryl methyl sites for hydroxylation is 1.